The molecule has 5 nitrogen and oxygen atoms in total. The Kier molecular flexibility index (Phi) is 11.5. The van der Waals surface area contributed by atoms with E-state index >= 15 is 0 Å². The number of guanidine groups is 1. The van der Waals surface area contributed by atoms with Crippen molar-refractivity contribution in [1.29, 1.82) is 0 Å². The molecule has 1 saturated heterocycles. The van der Waals surface area contributed by atoms with Crippen molar-refractivity contribution in [2.24, 2.45) is 4.99 Å². The topological polar surface area (TPSA) is 42.9 Å². The van der Waals surface area contributed by atoms with Gasteiger partial charge in [-0.05, 0) is 47.3 Å². The molecule has 1 heterocycles. The van der Waals surface area contributed by atoms with Crippen LogP contribution in [-0.4, -0.2) is 74.7 Å². The summed E-state index contributed by atoms with van der Waals surface area (Å²) in [6.07, 6.45) is 1.27. The predicted octanol–water partition coefficient (Wildman–Crippen LogP) is 1.21. The van der Waals surface area contributed by atoms with Crippen molar-refractivity contribution in [3.63, 3.8) is 0 Å². The smallest absolute Gasteiger partial charge is 0.191 e. The number of nitrogens with zero attached hydrogens (tertiary/aromatic N) is 3. The lowest BCUT2D eigenvalue weighted by Gasteiger charge is -2.19. The highest BCUT2D eigenvalue weighted by Gasteiger charge is 2.11. The maximum absolute atomic E-state index is 4.64. The summed E-state index contributed by atoms with van der Waals surface area (Å²) in [4.78, 5) is 9.57. The first-order valence-corrected chi connectivity index (χ1v) is 7.57. The summed E-state index contributed by atoms with van der Waals surface area (Å²) in [6.45, 7) is 14.0. The molecule has 0 radical (unpaired) electrons. The van der Waals surface area contributed by atoms with Gasteiger partial charge in [-0.1, -0.05) is 0 Å². The minimum atomic E-state index is 0. The Hall–Kier alpha value is -0.0800. The Morgan fingerprint density at radius 2 is 1.95 bits per heavy atom. The maximum atomic E-state index is 4.64. The zero-order valence-electron chi connectivity index (χ0n) is 13.5. The van der Waals surface area contributed by atoms with Crippen LogP contribution in [0.25, 0.3) is 0 Å². The molecule has 0 spiro atoms. The molecular weight excluding hydrogens is 365 g/mol. The third kappa shape index (κ3) is 8.97. The Morgan fingerprint density at radius 3 is 2.60 bits per heavy atom. The van der Waals surface area contributed by atoms with Gasteiger partial charge in [-0.3, -0.25) is 4.99 Å². The van der Waals surface area contributed by atoms with Gasteiger partial charge in [0.05, 0.1) is 6.54 Å². The Bertz CT molecular complexity index is 270. The molecule has 0 bridgehead atoms. The molecule has 0 aromatic carbocycles. The summed E-state index contributed by atoms with van der Waals surface area (Å²) in [5, 5.41) is 6.63. The summed E-state index contributed by atoms with van der Waals surface area (Å²) < 4.78 is 0. The lowest BCUT2D eigenvalue weighted by atomic mass is 10.4. The highest BCUT2D eigenvalue weighted by atomic mass is 127. The van der Waals surface area contributed by atoms with Crippen LogP contribution in [0.15, 0.2) is 4.99 Å². The van der Waals surface area contributed by atoms with Crippen LogP contribution in [0.1, 0.15) is 27.2 Å². The van der Waals surface area contributed by atoms with E-state index in [9.17, 15) is 0 Å². The molecule has 1 rings (SSSR count). The standard InChI is InChI=1S/C14H31N5.HI/c1-5-15-14(17-13(2)3)16-7-10-19-9-6-8-18(4)11-12-19;/h13H,5-12H2,1-4H3,(H2,15,16,17);1H. The highest BCUT2D eigenvalue weighted by molar-refractivity contribution is 14.0. The van der Waals surface area contributed by atoms with Gasteiger partial charge in [0.15, 0.2) is 5.96 Å². The first-order chi connectivity index (χ1) is 9.11. The van der Waals surface area contributed by atoms with Crippen molar-refractivity contribution in [3.8, 4) is 0 Å². The summed E-state index contributed by atoms with van der Waals surface area (Å²) in [5.74, 6) is 0.935. The van der Waals surface area contributed by atoms with Crippen molar-refractivity contribution in [1.82, 2.24) is 20.4 Å². The third-order valence-electron chi connectivity index (χ3n) is 3.27. The summed E-state index contributed by atoms with van der Waals surface area (Å²) in [5.41, 5.74) is 0. The van der Waals surface area contributed by atoms with E-state index in [0.717, 1.165) is 25.6 Å². The minimum absolute atomic E-state index is 0. The molecule has 120 valence electrons. The second-order valence-electron chi connectivity index (χ2n) is 5.56. The number of likely N-dealkylation sites (N-methyl/N-ethyl adjacent to an activating group) is 1. The average Bonchev–Trinajstić information content (AvgIpc) is 2.54. The van der Waals surface area contributed by atoms with Crippen molar-refractivity contribution in [2.75, 3.05) is 52.9 Å². The molecule has 1 aliphatic rings. The van der Waals surface area contributed by atoms with Gasteiger partial charge in [0.25, 0.3) is 0 Å². The van der Waals surface area contributed by atoms with E-state index in [2.05, 4.69) is 53.2 Å². The molecule has 6 heteroatoms. The number of hydrogen-bond acceptors (Lipinski definition) is 3. The molecule has 0 aliphatic carbocycles. The predicted molar refractivity (Wildman–Crippen MR) is 98.2 cm³/mol. The van der Waals surface area contributed by atoms with E-state index in [0.29, 0.717) is 6.04 Å². The van der Waals surface area contributed by atoms with Crippen LogP contribution in [0.4, 0.5) is 0 Å². The van der Waals surface area contributed by atoms with Gasteiger partial charge in [0.2, 0.25) is 0 Å². The lowest BCUT2D eigenvalue weighted by Crippen LogP contribution is -2.41. The molecule has 1 fully saturated rings. The van der Waals surface area contributed by atoms with Gasteiger partial charge in [0.1, 0.15) is 0 Å². The second kappa shape index (κ2) is 11.6. The van der Waals surface area contributed by atoms with Crippen LogP contribution in [0.2, 0.25) is 0 Å². The maximum Gasteiger partial charge on any atom is 0.191 e. The highest BCUT2D eigenvalue weighted by Crippen LogP contribution is 2.00. The number of halogens is 1. The van der Waals surface area contributed by atoms with Crippen LogP contribution < -0.4 is 10.6 Å². The molecule has 2 N–H and O–H groups in total. The summed E-state index contributed by atoms with van der Waals surface area (Å²) >= 11 is 0. The van der Waals surface area contributed by atoms with Gasteiger partial charge < -0.3 is 20.4 Å². The van der Waals surface area contributed by atoms with Crippen LogP contribution in [-0.2, 0) is 0 Å². The fraction of sp³-hybridized carbons (Fsp3) is 0.929. The minimum Gasteiger partial charge on any atom is -0.357 e. The molecule has 0 aromatic heterocycles. The Balaban J connectivity index is 0.00000361. The number of rotatable bonds is 5. The zero-order chi connectivity index (χ0) is 14.1. The van der Waals surface area contributed by atoms with Gasteiger partial charge in [-0.15, -0.1) is 24.0 Å². The molecular formula is C14H32IN5. The largest absolute Gasteiger partial charge is 0.357 e. The number of aliphatic imine (C=N–C) groups is 1. The van der Waals surface area contributed by atoms with E-state index in [1.54, 1.807) is 0 Å². The molecule has 0 unspecified atom stereocenters. The fourth-order valence-electron chi connectivity index (χ4n) is 2.22. The monoisotopic (exact) mass is 397 g/mol. The fourth-order valence-corrected chi connectivity index (χ4v) is 2.22. The Labute approximate surface area is 141 Å². The molecule has 1 aliphatic heterocycles. The molecule has 0 atom stereocenters. The van der Waals surface area contributed by atoms with E-state index in [1.165, 1.54) is 32.6 Å². The quantitative estimate of drug-likeness (QED) is 0.416. The normalized spacial score (nSPS) is 18.6. The van der Waals surface area contributed by atoms with E-state index < -0.39 is 0 Å². The molecule has 0 aromatic rings. The van der Waals surface area contributed by atoms with Crippen molar-refractivity contribution >= 4 is 29.9 Å². The average molecular weight is 397 g/mol. The molecule has 20 heavy (non-hydrogen) atoms. The van der Waals surface area contributed by atoms with E-state index in [1.807, 2.05) is 0 Å². The van der Waals surface area contributed by atoms with E-state index in [-0.39, 0.29) is 24.0 Å². The van der Waals surface area contributed by atoms with Crippen LogP contribution in [0.3, 0.4) is 0 Å². The number of hydrogen-bond donors (Lipinski definition) is 2. The van der Waals surface area contributed by atoms with Gasteiger partial charge in [-0.25, -0.2) is 0 Å². The van der Waals surface area contributed by atoms with E-state index in [4.69, 9.17) is 0 Å². The van der Waals surface area contributed by atoms with Crippen LogP contribution in [0, 0.1) is 0 Å². The zero-order valence-corrected chi connectivity index (χ0v) is 15.8. The van der Waals surface area contributed by atoms with Gasteiger partial charge in [-0.2, -0.15) is 0 Å². The molecule has 0 amide bonds. The van der Waals surface area contributed by atoms with Crippen molar-refractivity contribution < 1.29 is 0 Å². The van der Waals surface area contributed by atoms with Gasteiger partial charge >= 0.3 is 0 Å². The van der Waals surface area contributed by atoms with Crippen LogP contribution in [0.5, 0.6) is 0 Å². The van der Waals surface area contributed by atoms with Crippen molar-refractivity contribution in [2.45, 2.75) is 33.2 Å². The first kappa shape index (κ1) is 19.9. The summed E-state index contributed by atoms with van der Waals surface area (Å²) in [6, 6.07) is 0.421. The van der Waals surface area contributed by atoms with Crippen LogP contribution >= 0.6 is 24.0 Å². The number of nitrogens with one attached hydrogen (secondary N) is 2. The third-order valence-corrected chi connectivity index (χ3v) is 3.27. The summed E-state index contributed by atoms with van der Waals surface area (Å²) in [7, 11) is 2.21. The first-order valence-electron chi connectivity index (χ1n) is 7.57. The van der Waals surface area contributed by atoms with Gasteiger partial charge in [0, 0.05) is 32.2 Å². The molecule has 0 saturated carbocycles. The SMILES string of the molecule is CCNC(=NCCN1CCCN(C)CC1)NC(C)C.I. The lowest BCUT2D eigenvalue weighted by molar-refractivity contribution is 0.283. The Morgan fingerprint density at radius 1 is 1.20 bits per heavy atom. The van der Waals surface area contributed by atoms with Crippen molar-refractivity contribution in [3.05, 3.63) is 0 Å². The second-order valence-corrected chi connectivity index (χ2v) is 5.56.